The van der Waals surface area contributed by atoms with Crippen molar-refractivity contribution in [3.05, 3.63) is 176 Å². The Hall–Kier alpha value is -6.49. The molecule has 3 nitrogen and oxygen atoms in total. The highest BCUT2D eigenvalue weighted by Gasteiger charge is 2.18. The molecule has 10 rings (SSSR count). The Bertz CT molecular complexity index is 2900. The van der Waals surface area contributed by atoms with Gasteiger partial charge in [-0.25, -0.2) is 15.0 Å². The number of aromatic nitrogens is 3. The molecule has 0 fully saturated rings. The quantitative estimate of drug-likeness (QED) is 0.171. The molecular formula is C47H29N3S. The van der Waals surface area contributed by atoms with E-state index in [4.69, 9.17) is 15.0 Å². The zero-order chi connectivity index (χ0) is 33.7. The van der Waals surface area contributed by atoms with Crippen LogP contribution in [0.2, 0.25) is 0 Å². The van der Waals surface area contributed by atoms with E-state index in [-0.39, 0.29) is 0 Å². The first kappa shape index (κ1) is 29.4. The molecule has 0 unspecified atom stereocenters. The van der Waals surface area contributed by atoms with Crippen LogP contribution in [-0.4, -0.2) is 15.0 Å². The summed E-state index contributed by atoms with van der Waals surface area (Å²) < 4.78 is 2.47. The second kappa shape index (κ2) is 12.1. The highest BCUT2D eigenvalue weighted by Crippen LogP contribution is 2.42. The third-order valence-corrected chi connectivity index (χ3v) is 10.9. The zero-order valence-electron chi connectivity index (χ0n) is 27.5. The van der Waals surface area contributed by atoms with Crippen molar-refractivity contribution in [3.63, 3.8) is 0 Å². The Morgan fingerprint density at radius 3 is 1.69 bits per heavy atom. The number of rotatable bonds is 5. The second-order valence-corrected chi connectivity index (χ2v) is 13.9. The minimum absolute atomic E-state index is 0.648. The van der Waals surface area contributed by atoms with Crippen molar-refractivity contribution in [1.29, 1.82) is 0 Å². The molecular weight excluding hydrogens is 639 g/mol. The molecule has 0 bridgehead atoms. The molecule has 10 aromatic rings. The van der Waals surface area contributed by atoms with Gasteiger partial charge in [0.2, 0.25) is 0 Å². The van der Waals surface area contributed by atoms with Crippen molar-refractivity contribution in [3.8, 4) is 56.4 Å². The minimum Gasteiger partial charge on any atom is -0.208 e. The maximum atomic E-state index is 5.23. The average molecular weight is 668 g/mol. The lowest BCUT2D eigenvalue weighted by Crippen LogP contribution is -2.01. The molecule has 0 N–H and O–H groups in total. The standard InChI is InChI=1S/C47H29N3S/c1-3-12-30(13-4-1)31-22-24-33(25-23-31)45-48-46(50-47(49-45)41-28-34-16-7-8-17-36(34)38-18-9-10-19-39(38)41)35-26-27-40-43(29-35)51-42-21-11-20-37(44(40)42)32-14-5-2-6-15-32/h1-29H. The van der Waals surface area contributed by atoms with Gasteiger partial charge in [-0.1, -0.05) is 158 Å². The molecule has 0 radical (unpaired) electrons. The van der Waals surface area contributed by atoms with Crippen LogP contribution in [0.25, 0.3) is 98.1 Å². The Balaban J connectivity index is 1.17. The molecule has 51 heavy (non-hydrogen) atoms. The predicted octanol–water partition coefficient (Wildman–Crippen LogP) is 12.9. The van der Waals surface area contributed by atoms with Gasteiger partial charge in [0, 0.05) is 36.9 Å². The maximum absolute atomic E-state index is 5.23. The van der Waals surface area contributed by atoms with Crippen molar-refractivity contribution in [2.75, 3.05) is 0 Å². The fourth-order valence-corrected chi connectivity index (χ4v) is 8.43. The highest BCUT2D eigenvalue weighted by molar-refractivity contribution is 7.26. The van der Waals surface area contributed by atoms with Crippen LogP contribution in [-0.2, 0) is 0 Å². The molecule has 0 atom stereocenters. The summed E-state index contributed by atoms with van der Waals surface area (Å²) in [4.78, 5) is 15.6. The Kier molecular flexibility index (Phi) is 7.00. The number of benzene rings is 8. The van der Waals surface area contributed by atoms with Crippen LogP contribution in [0.15, 0.2) is 176 Å². The van der Waals surface area contributed by atoms with Gasteiger partial charge in [0.15, 0.2) is 17.5 Å². The van der Waals surface area contributed by atoms with E-state index in [1.54, 1.807) is 0 Å². The number of hydrogen-bond donors (Lipinski definition) is 0. The maximum Gasteiger partial charge on any atom is 0.164 e. The molecule has 0 aliphatic heterocycles. The molecule has 0 aliphatic carbocycles. The van der Waals surface area contributed by atoms with Crippen molar-refractivity contribution >= 4 is 53.1 Å². The summed E-state index contributed by atoms with van der Waals surface area (Å²) in [6.45, 7) is 0. The van der Waals surface area contributed by atoms with Gasteiger partial charge in [0.1, 0.15) is 0 Å². The fraction of sp³-hybridized carbons (Fsp3) is 0. The topological polar surface area (TPSA) is 38.7 Å². The normalized spacial score (nSPS) is 11.5. The van der Waals surface area contributed by atoms with Crippen molar-refractivity contribution < 1.29 is 0 Å². The molecule has 0 saturated carbocycles. The third-order valence-electron chi connectivity index (χ3n) is 9.73. The second-order valence-electron chi connectivity index (χ2n) is 12.8. The van der Waals surface area contributed by atoms with Gasteiger partial charge in [-0.05, 0) is 62.0 Å². The van der Waals surface area contributed by atoms with E-state index in [2.05, 4.69) is 170 Å². The largest absolute Gasteiger partial charge is 0.208 e. The van der Waals surface area contributed by atoms with Gasteiger partial charge in [-0.3, -0.25) is 0 Å². The first-order chi connectivity index (χ1) is 25.3. The Labute approximate surface area is 299 Å². The van der Waals surface area contributed by atoms with Crippen LogP contribution in [0.5, 0.6) is 0 Å². The number of nitrogens with zero attached hydrogens (tertiary/aromatic N) is 3. The zero-order valence-corrected chi connectivity index (χ0v) is 28.3. The van der Waals surface area contributed by atoms with E-state index in [0.29, 0.717) is 17.5 Å². The molecule has 0 amide bonds. The lowest BCUT2D eigenvalue weighted by Gasteiger charge is -2.13. The summed E-state index contributed by atoms with van der Waals surface area (Å²) >= 11 is 1.81. The van der Waals surface area contributed by atoms with Gasteiger partial charge < -0.3 is 0 Å². The lowest BCUT2D eigenvalue weighted by molar-refractivity contribution is 1.08. The molecule has 2 aromatic heterocycles. The third kappa shape index (κ3) is 5.16. The number of hydrogen-bond acceptors (Lipinski definition) is 4. The molecule has 4 heteroatoms. The number of thiophene rings is 1. The van der Waals surface area contributed by atoms with E-state index in [0.717, 1.165) is 33.0 Å². The summed E-state index contributed by atoms with van der Waals surface area (Å²) in [5.41, 5.74) is 7.70. The van der Waals surface area contributed by atoms with Gasteiger partial charge in [-0.15, -0.1) is 11.3 Å². The van der Waals surface area contributed by atoms with Crippen LogP contribution >= 0.6 is 11.3 Å². The van der Waals surface area contributed by atoms with Crippen molar-refractivity contribution in [2.24, 2.45) is 0 Å². The van der Waals surface area contributed by atoms with Crippen LogP contribution in [0.1, 0.15) is 0 Å². The van der Waals surface area contributed by atoms with Crippen LogP contribution in [0.3, 0.4) is 0 Å². The lowest BCUT2D eigenvalue weighted by atomic mass is 9.96. The Morgan fingerprint density at radius 1 is 0.314 bits per heavy atom. The van der Waals surface area contributed by atoms with E-state index in [9.17, 15) is 0 Å². The predicted molar refractivity (Wildman–Crippen MR) is 215 cm³/mol. The molecule has 2 heterocycles. The SMILES string of the molecule is c1ccc(-c2ccc(-c3nc(-c4ccc5c(c4)sc4cccc(-c6ccccc6)c45)nc(-c4cc5ccccc5c5ccccc45)n3)cc2)cc1. The summed E-state index contributed by atoms with van der Waals surface area (Å²) in [6, 6.07) is 62.1. The minimum atomic E-state index is 0.648. The van der Waals surface area contributed by atoms with E-state index in [1.165, 1.54) is 47.6 Å². The van der Waals surface area contributed by atoms with Gasteiger partial charge in [-0.2, -0.15) is 0 Å². The smallest absolute Gasteiger partial charge is 0.164 e. The summed E-state index contributed by atoms with van der Waals surface area (Å²) in [5, 5.41) is 7.20. The van der Waals surface area contributed by atoms with Crippen LogP contribution < -0.4 is 0 Å². The van der Waals surface area contributed by atoms with Gasteiger partial charge in [0.25, 0.3) is 0 Å². The van der Waals surface area contributed by atoms with Crippen molar-refractivity contribution in [1.82, 2.24) is 15.0 Å². The molecule has 238 valence electrons. The number of fused-ring (bicyclic) bond motifs is 6. The molecule has 0 spiro atoms. The van der Waals surface area contributed by atoms with E-state index >= 15 is 0 Å². The van der Waals surface area contributed by atoms with Crippen LogP contribution in [0.4, 0.5) is 0 Å². The first-order valence-electron chi connectivity index (χ1n) is 17.1. The van der Waals surface area contributed by atoms with E-state index < -0.39 is 0 Å². The monoisotopic (exact) mass is 667 g/mol. The highest BCUT2D eigenvalue weighted by atomic mass is 32.1. The summed E-state index contributed by atoms with van der Waals surface area (Å²) in [5.74, 6) is 1.96. The molecule has 0 saturated heterocycles. The summed E-state index contributed by atoms with van der Waals surface area (Å²) in [6.07, 6.45) is 0. The average Bonchev–Trinajstić information content (AvgIpc) is 3.59. The Morgan fingerprint density at radius 2 is 0.902 bits per heavy atom. The van der Waals surface area contributed by atoms with Gasteiger partial charge >= 0.3 is 0 Å². The first-order valence-corrected chi connectivity index (χ1v) is 17.9. The molecule has 8 aromatic carbocycles. The van der Waals surface area contributed by atoms with E-state index in [1.807, 2.05) is 17.4 Å². The van der Waals surface area contributed by atoms with Crippen molar-refractivity contribution in [2.45, 2.75) is 0 Å². The molecule has 0 aliphatic rings. The van der Waals surface area contributed by atoms with Crippen LogP contribution in [0, 0.1) is 0 Å². The fourth-order valence-electron chi connectivity index (χ4n) is 7.26. The van der Waals surface area contributed by atoms with Gasteiger partial charge in [0.05, 0.1) is 0 Å². The summed E-state index contributed by atoms with van der Waals surface area (Å²) in [7, 11) is 0.